The summed E-state index contributed by atoms with van der Waals surface area (Å²) < 4.78 is 23.3. The normalized spacial score (nSPS) is 13.8. The molecule has 1 heterocycles. The topological polar surface area (TPSA) is 114 Å². The molecule has 0 atom stereocenters. The molecule has 7 nitrogen and oxygen atoms in total. The highest BCUT2D eigenvalue weighted by Crippen LogP contribution is 2.06. The van der Waals surface area contributed by atoms with Crippen LogP contribution in [-0.2, 0) is 9.69 Å². The van der Waals surface area contributed by atoms with Crippen LogP contribution in [0.15, 0.2) is 23.3 Å². The molecule has 0 saturated heterocycles. The first kappa shape index (κ1) is 12.6. The third kappa shape index (κ3) is 2.22. The largest absolute Gasteiger partial charge is 0.448 e. The monoisotopic (exact) mass is 266 g/mol. The zero-order chi connectivity index (χ0) is 13.3. The number of rotatable bonds is 2. The molecular formula is C9H11BN4O3S. The lowest BCUT2D eigenvalue weighted by molar-refractivity contribution is 0.0953. The van der Waals surface area contributed by atoms with E-state index in [1.165, 1.54) is 12.3 Å². The number of carbonyl (C=O) groups is 1. The summed E-state index contributed by atoms with van der Waals surface area (Å²) in [5.74, 6) is 4.56. The van der Waals surface area contributed by atoms with Crippen LogP contribution in [0, 0.1) is 0 Å². The Kier molecular flexibility index (Phi) is 3.10. The minimum atomic E-state index is -3.38. The Labute approximate surface area is 104 Å². The van der Waals surface area contributed by atoms with E-state index in [1.54, 1.807) is 12.1 Å². The number of nitrogens with zero attached hydrogens (tertiary/aromatic N) is 1. The molecule has 0 spiro atoms. The van der Waals surface area contributed by atoms with Gasteiger partial charge in [0, 0.05) is 11.8 Å². The van der Waals surface area contributed by atoms with Gasteiger partial charge in [0.2, 0.25) is 0 Å². The average Bonchev–Trinajstić information content (AvgIpc) is 2.35. The van der Waals surface area contributed by atoms with E-state index in [2.05, 4.69) is 10.4 Å². The number of amides is 1. The molecule has 1 aromatic carbocycles. The molecule has 0 bridgehead atoms. The summed E-state index contributed by atoms with van der Waals surface area (Å²) in [4.78, 5) is 11.4. The van der Waals surface area contributed by atoms with Crippen molar-refractivity contribution in [3.63, 3.8) is 0 Å². The maximum absolute atomic E-state index is 11.6. The van der Waals surface area contributed by atoms with Gasteiger partial charge in [-0.1, -0.05) is 12.1 Å². The van der Waals surface area contributed by atoms with Crippen molar-refractivity contribution in [3.05, 3.63) is 29.3 Å². The van der Waals surface area contributed by atoms with Crippen LogP contribution in [0.3, 0.4) is 0 Å². The van der Waals surface area contributed by atoms with E-state index in [-0.39, 0.29) is 0 Å². The van der Waals surface area contributed by atoms with E-state index in [9.17, 15) is 13.2 Å². The van der Waals surface area contributed by atoms with E-state index in [0.29, 0.717) is 16.6 Å². The predicted molar refractivity (Wildman–Crippen MR) is 69.1 cm³/mol. The molecule has 1 aliphatic rings. The van der Waals surface area contributed by atoms with Gasteiger partial charge in [-0.25, -0.2) is 14.3 Å². The number of hydrazine groups is 1. The molecule has 0 saturated carbocycles. The number of fused-ring (bicyclic) bond motifs is 1. The summed E-state index contributed by atoms with van der Waals surface area (Å²) in [5, 5.41) is 6.30. The molecule has 0 unspecified atom stereocenters. The van der Waals surface area contributed by atoms with Gasteiger partial charge in [0.15, 0.2) is 0 Å². The lowest BCUT2D eigenvalue weighted by Gasteiger charge is -2.18. The van der Waals surface area contributed by atoms with Crippen LogP contribution in [0.25, 0.3) is 0 Å². The van der Waals surface area contributed by atoms with E-state index in [4.69, 9.17) is 5.84 Å². The third-order valence-corrected chi connectivity index (χ3v) is 3.80. The standard InChI is InChI=1S/C9H11BN4O3S/c1-18(16,17)10-8-4-6(9(15)13-11)2-3-7(8)5-12-14-10/h2-5,14H,11H2,1H3,(H,13,15). The van der Waals surface area contributed by atoms with E-state index >= 15 is 0 Å². The summed E-state index contributed by atoms with van der Waals surface area (Å²) >= 11 is 0. The van der Waals surface area contributed by atoms with Crippen LogP contribution in [0.1, 0.15) is 15.9 Å². The average molecular weight is 266 g/mol. The fourth-order valence-corrected chi connectivity index (χ4v) is 2.63. The number of nitrogens with two attached hydrogens (primary N) is 1. The number of nitrogen functional groups attached to an aromatic ring is 1. The molecule has 9 heteroatoms. The molecule has 0 radical (unpaired) electrons. The minimum absolute atomic E-state index is 0.294. The lowest BCUT2D eigenvalue weighted by atomic mass is 9.76. The number of nitrogens with one attached hydrogen (secondary N) is 2. The van der Waals surface area contributed by atoms with Crippen molar-refractivity contribution < 1.29 is 13.2 Å². The van der Waals surface area contributed by atoms with Crippen LogP contribution in [0.2, 0.25) is 0 Å². The Hall–Kier alpha value is -1.87. The van der Waals surface area contributed by atoms with Crippen molar-refractivity contribution in [2.45, 2.75) is 0 Å². The van der Waals surface area contributed by atoms with Crippen molar-refractivity contribution in [1.82, 2.24) is 10.8 Å². The quantitative estimate of drug-likeness (QED) is 0.247. The SMILES string of the molecule is CS(=O)(=O)B1NN=Cc2ccc(C(=O)NN)cc21. The molecule has 1 aliphatic heterocycles. The zero-order valence-electron chi connectivity index (χ0n) is 9.54. The van der Waals surface area contributed by atoms with Crippen molar-refractivity contribution in [3.8, 4) is 0 Å². The van der Waals surface area contributed by atoms with E-state index < -0.39 is 21.7 Å². The van der Waals surface area contributed by atoms with Crippen molar-refractivity contribution >= 4 is 33.4 Å². The second kappa shape index (κ2) is 4.43. The number of hydrogen-bond donors (Lipinski definition) is 3. The second-order valence-corrected chi connectivity index (χ2v) is 6.04. The third-order valence-electron chi connectivity index (χ3n) is 2.59. The Morgan fingerprint density at radius 1 is 1.50 bits per heavy atom. The maximum atomic E-state index is 11.6. The van der Waals surface area contributed by atoms with E-state index in [1.807, 2.05) is 5.43 Å². The molecule has 1 amide bonds. The highest BCUT2D eigenvalue weighted by Gasteiger charge is 2.34. The molecule has 2 rings (SSSR count). The summed E-state index contributed by atoms with van der Waals surface area (Å²) in [7, 11) is -3.38. The first-order chi connectivity index (χ1) is 8.43. The van der Waals surface area contributed by atoms with Crippen LogP contribution in [0.5, 0.6) is 0 Å². The van der Waals surface area contributed by atoms with Gasteiger partial charge in [-0.15, -0.1) is 0 Å². The fourth-order valence-electron chi connectivity index (χ4n) is 1.71. The number of hydrazone groups is 1. The summed E-state index contributed by atoms with van der Waals surface area (Å²) in [6.45, 7) is 0. The molecule has 18 heavy (non-hydrogen) atoms. The van der Waals surface area contributed by atoms with Crippen LogP contribution < -0.4 is 22.1 Å². The Morgan fingerprint density at radius 3 is 2.83 bits per heavy atom. The van der Waals surface area contributed by atoms with Gasteiger partial charge in [-0.3, -0.25) is 10.2 Å². The van der Waals surface area contributed by atoms with Gasteiger partial charge in [0.05, 0.1) is 6.21 Å². The summed E-state index contributed by atoms with van der Waals surface area (Å²) in [5.41, 5.74) is 3.42. The minimum Gasteiger partial charge on any atom is -0.331 e. The Morgan fingerprint density at radius 2 is 2.22 bits per heavy atom. The summed E-state index contributed by atoms with van der Waals surface area (Å²) in [6.07, 6.45) is 1.65. The second-order valence-electron chi connectivity index (χ2n) is 3.91. The first-order valence-corrected chi connectivity index (χ1v) is 7.01. The fraction of sp³-hybridized carbons (Fsp3) is 0.111. The van der Waals surface area contributed by atoms with Crippen molar-refractivity contribution in [2.75, 3.05) is 6.26 Å². The zero-order valence-corrected chi connectivity index (χ0v) is 10.4. The predicted octanol–water partition coefficient (Wildman–Crippen LogP) is -2.03. The van der Waals surface area contributed by atoms with Gasteiger partial charge in [-0.05, 0) is 17.1 Å². The van der Waals surface area contributed by atoms with Gasteiger partial charge < -0.3 is 5.34 Å². The van der Waals surface area contributed by atoms with Gasteiger partial charge in [0.25, 0.3) is 5.91 Å². The molecule has 0 aromatic heterocycles. The highest BCUT2D eigenvalue weighted by molar-refractivity contribution is 8.19. The van der Waals surface area contributed by atoms with Gasteiger partial charge in [0.1, 0.15) is 9.69 Å². The molecule has 0 fully saturated rings. The molecule has 94 valence electrons. The Balaban J connectivity index is 2.55. The van der Waals surface area contributed by atoms with Crippen molar-refractivity contribution in [1.29, 1.82) is 0 Å². The van der Waals surface area contributed by atoms with Gasteiger partial charge >= 0.3 is 6.13 Å². The number of carbonyl (C=O) groups excluding carboxylic acids is 1. The van der Waals surface area contributed by atoms with Crippen LogP contribution in [0.4, 0.5) is 0 Å². The lowest BCUT2D eigenvalue weighted by Crippen LogP contribution is -2.52. The first-order valence-electron chi connectivity index (χ1n) is 5.06. The van der Waals surface area contributed by atoms with Crippen molar-refractivity contribution in [2.24, 2.45) is 10.9 Å². The molecule has 4 N–H and O–H groups in total. The maximum Gasteiger partial charge on any atom is 0.448 e. The smallest absolute Gasteiger partial charge is 0.331 e. The molecule has 0 aliphatic carbocycles. The molecule has 1 aromatic rings. The molecular weight excluding hydrogens is 255 g/mol. The van der Waals surface area contributed by atoms with E-state index in [0.717, 1.165) is 6.26 Å². The number of hydrogen-bond acceptors (Lipinski definition) is 6. The van der Waals surface area contributed by atoms with Gasteiger partial charge in [-0.2, -0.15) is 5.10 Å². The number of benzene rings is 1. The van der Waals surface area contributed by atoms with Crippen LogP contribution >= 0.6 is 0 Å². The highest BCUT2D eigenvalue weighted by atomic mass is 32.2. The summed E-state index contributed by atoms with van der Waals surface area (Å²) in [6, 6.07) is 4.67. The Bertz CT molecular complexity index is 629. The van der Waals surface area contributed by atoms with Crippen LogP contribution in [-0.4, -0.2) is 32.9 Å².